The summed E-state index contributed by atoms with van der Waals surface area (Å²) in [6.07, 6.45) is 2.08. The van der Waals surface area contributed by atoms with Gasteiger partial charge in [0, 0.05) is 0 Å². The van der Waals surface area contributed by atoms with E-state index in [4.69, 9.17) is 5.11 Å². The number of benzene rings is 1. The summed E-state index contributed by atoms with van der Waals surface area (Å²) in [6, 6.07) is 5.13. The zero-order valence-electron chi connectivity index (χ0n) is 8.37. The topological polar surface area (TPSA) is 37.3 Å². The lowest BCUT2D eigenvalue weighted by atomic mass is 10.1. The van der Waals surface area contributed by atoms with E-state index in [1.165, 1.54) is 6.07 Å². The molecule has 1 aliphatic carbocycles. The second-order valence-electron chi connectivity index (χ2n) is 4.08. The molecule has 4 heteroatoms. The molecule has 1 N–H and O–H groups in total. The zero-order valence-corrected chi connectivity index (χ0v) is 9.18. The number of carboxylic acids is 1. The lowest BCUT2D eigenvalue weighted by Gasteiger charge is -2.00. The van der Waals surface area contributed by atoms with Gasteiger partial charge >= 0.3 is 5.97 Å². The molecule has 1 heterocycles. The molecule has 1 aliphatic rings. The van der Waals surface area contributed by atoms with E-state index in [0.717, 1.165) is 29.7 Å². The summed E-state index contributed by atoms with van der Waals surface area (Å²) >= 11 is 1.02. The number of thiophene rings is 1. The third-order valence-electron chi connectivity index (χ3n) is 2.88. The fourth-order valence-electron chi connectivity index (χ4n) is 1.90. The molecule has 82 valence electrons. The van der Waals surface area contributed by atoms with E-state index in [2.05, 4.69) is 0 Å². The van der Waals surface area contributed by atoms with Crippen molar-refractivity contribution in [3.05, 3.63) is 34.5 Å². The normalized spacial score (nSPS) is 15.6. The maximum Gasteiger partial charge on any atom is 0.345 e. The maximum absolute atomic E-state index is 14.1. The van der Waals surface area contributed by atoms with Crippen molar-refractivity contribution in [2.75, 3.05) is 0 Å². The van der Waals surface area contributed by atoms with Gasteiger partial charge in [-0.2, -0.15) is 0 Å². The van der Waals surface area contributed by atoms with Crippen LogP contribution in [-0.4, -0.2) is 11.1 Å². The van der Waals surface area contributed by atoms with E-state index in [1.54, 1.807) is 6.07 Å². The SMILES string of the molecule is O=C(O)c1cc2ccc(C3CC3)c(F)c2s1. The number of rotatable bonds is 2. The summed E-state index contributed by atoms with van der Waals surface area (Å²) in [5, 5.41) is 9.54. The first-order chi connectivity index (χ1) is 7.66. The molecule has 2 nitrogen and oxygen atoms in total. The molecule has 0 amide bonds. The van der Waals surface area contributed by atoms with Crippen LogP contribution in [0.3, 0.4) is 0 Å². The highest BCUT2D eigenvalue weighted by Crippen LogP contribution is 2.43. The van der Waals surface area contributed by atoms with Crippen LogP contribution in [0, 0.1) is 5.82 Å². The third kappa shape index (κ3) is 1.41. The fourth-order valence-corrected chi connectivity index (χ4v) is 2.84. The van der Waals surface area contributed by atoms with E-state index in [-0.39, 0.29) is 10.7 Å². The van der Waals surface area contributed by atoms with Crippen LogP contribution in [0.5, 0.6) is 0 Å². The first kappa shape index (κ1) is 9.78. The maximum atomic E-state index is 14.1. The fraction of sp³-hybridized carbons (Fsp3) is 0.250. The average Bonchev–Trinajstić information content (AvgIpc) is 2.96. The van der Waals surface area contributed by atoms with Crippen LogP contribution in [-0.2, 0) is 0 Å². The van der Waals surface area contributed by atoms with Crippen LogP contribution < -0.4 is 0 Å². The van der Waals surface area contributed by atoms with Gasteiger partial charge in [0.2, 0.25) is 0 Å². The summed E-state index contributed by atoms with van der Waals surface area (Å²) in [5.41, 5.74) is 0.742. The average molecular weight is 236 g/mol. The van der Waals surface area contributed by atoms with Crippen LogP contribution in [0.4, 0.5) is 4.39 Å². The predicted molar refractivity (Wildman–Crippen MR) is 60.7 cm³/mol. The van der Waals surface area contributed by atoms with Gasteiger partial charge in [0.1, 0.15) is 10.7 Å². The molecule has 0 saturated heterocycles. The Labute approximate surface area is 95.3 Å². The van der Waals surface area contributed by atoms with E-state index in [9.17, 15) is 9.18 Å². The van der Waals surface area contributed by atoms with E-state index in [0.29, 0.717) is 16.0 Å². The van der Waals surface area contributed by atoms with Crippen molar-refractivity contribution < 1.29 is 14.3 Å². The van der Waals surface area contributed by atoms with Gasteiger partial charge in [-0.3, -0.25) is 0 Å². The monoisotopic (exact) mass is 236 g/mol. The summed E-state index contributed by atoms with van der Waals surface area (Å²) < 4.78 is 14.5. The number of hydrogen-bond donors (Lipinski definition) is 1. The number of aromatic carboxylic acids is 1. The van der Waals surface area contributed by atoms with Crippen molar-refractivity contribution in [1.29, 1.82) is 0 Å². The van der Waals surface area contributed by atoms with E-state index >= 15 is 0 Å². The van der Waals surface area contributed by atoms with Crippen molar-refractivity contribution in [2.24, 2.45) is 0 Å². The molecule has 3 rings (SSSR count). The quantitative estimate of drug-likeness (QED) is 0.864. The number of fused-ring (bicyclic) bond motifs is 1. The highest BCUT2D eigenvalue weighted by Gasteiger charge is 2.27. The van der Waals surface area contributed by atoms with Crippen LogP contribution in [0.15, 0.2) is 18.2 Å². The van der Waals surface area contributed by atoms with Gasteiger partial charge in [0.15, 0.2) is 0 Å². The molecule has 0 aliphatic heterocycles. The van der Waals surface area contributed by atoms with Gasteiger partial charge in [-0.05, 0) is 35.8 Å². The predicted octanol–water partition coefficient (Wildman–Crippen LogP) is 3.62. The minimum atomic E-state index is -0.992. The van der Waals surface area contributed by atoms with Gasteiger partial charge in [-0.15, -0.1) is 11.3 Å². The minimum Gasteiger partial charge on any atom is -0.477 e. The first-order valence-corrected chi connectivity index (χ1v) is 5.93. The Morgan fingerprint density at radius 1 is 1.44 bits per heavy atom. The van der Waals surface area contributed by atoms with Gasteiger partial charge < -0.3 is 5.11 Å². The minimum absolute atomic E-state index is 0.196. The second kappa shape index (κ2) is 3.28. The Morgan fingerprint density at radius 2 is 2.19 bits per heavy atom. The Balaban J connectivity index is 2.22. The molecule has 0 spiro atoms. The standard InChI is InChI=1S/C12H9FO2S/c13-10-8(6-1-2-6)4-3-7-5-9(12(14)15)16-11(7)10/h3-6H,1-2H2,(H,14,15). The van der Waals surface area contributed by atoms with Crippen molar-refractivity contribution in [1.82, 2.24) is 0 Å². The number of carboxylic acid groups (broad SMARTS) is 1. The van der Waals surface area contributed by atoms with Gasteiger partial charge in [-0.25, -0.2) is 9.18 Å². The lowest BCUT2D eigenvalue weighted by molar-refractivity contribution is 0.0702. The summed E-state index contributed by atoms with van der Waals surface area (Å²) in [4.78, 5) is 11.0. The molecule has 1 fully saturated rings. The Bertz CT molecular complexity index is 584. The molecule has 1 aromatic carbocycles. The second-order valence-corrected chi connectivity index (χ2v) is 5.13. The van der Waals surface area contributed by atoms with Crippen LogP contribution >= 0.6 is 11.3 Å². The Hall–Kier alpha value is -1.42. The molecule has 0 bridgehead atoms. The molecule has 2 aromatic rings. The van der Waals surface area contributed by atoms with E-state index in [1.807, 2.05) is 6.07 Å². The van der Waals surface area contributed by atoms with Gasteiger partial charge in [0.05, 0.1) is 4.70 Å². The Kier molecular flexibility index (Phi) is 2.01. The molecule has 0 radical (unpaired) electrons. The smallest absolute Gasteiger partial charge is 0.345 e. The summed E-state index contributed by atoms with van der Waals surface area (Å²) in [6.45, 7) is 0. The van der Waals surface area contributed by atoms with Crippen molar-refractivity contribution in [2.45, 2.75) is 18.8 Å². The van der Waals surface area contributed by atoms with Gasteiger partial charge in [-0.1, -0.05) is 12.1 Å². The van der Waals surface area contributed by atoms with Crippen molar-refractivity contribution in [3.63, 3.8) is 0 Å². The van der Waals surface area contributed by atoms with E-state index < -0.39 is 5.97 Å². The Morgan fingerprint density at radius 3 is 2.81 bits per heavy atom. The molecule has 0 unspecified atom stereocenters. The summed E-state index contributed by atoms with van der Waals surface area (Å²) in [5.74, 6) is -0.870. The largest absolute Gasteiger partial charge is 0.477 e. The molecular formula is C12H9FO2S. The van der Waals surface area contributed by atoms with Crippen molar-refractivity contribution >= 4 is 27.4 Å². The highest BCUT2D eigenvalue weighted by atomic mass is 32.1. The lowest BCUT2D eigenvalue weighted by Crippen LogP contribution is -1.89. The molecule has 16 heavy (non-hydrogen) atoms. The van der Waals surface area contributed by atoms with Crippen LogP contribution in [0.25, 0.3) is 10.1 Å². The van der Waals surface area contributed by atoms with Crippen molar-refractivity contribution in [3.8, 4) is 0 Å². The molecular weight excluding hydrogens is 227 g/mol. The molecule has 1 saturated carbocycles. The third-order valence-corrected chi connectivity index (χ3v) is 4.02. The number of carbonyl (C=O) groups is 1. The van der Waals surface area contributed by atoms with Gasteiger partial charge in [0.25, 0.3) is 0 Å². The molecule has 1 aromatic heterocycles. The highest BCUT2D eigenvalue weighted by molar-refractivity contribution is 7.20. The van der Waals surface area contributed by atoms with Crippen LogP contribution in [0.2, 0.25) is 0 Å². The number of halogens is 1. The number of hydrogen-bond acceptors (Lipinski definition) is 2. The summed E-state index contributed by atoms with van der Waals surface area (Å²) in [7, 11) is 0. The molecule has 0 atom stereocenters. The zero-order chi connectivity index (χ0) is 11.3. The van der Waals surface area contributed by atoms with Crippen LogP contribution in [0.1, 0.15) is 34.0 Å². The first-order valence-electron chi connectivity index (χ1n) is 5.12.